The summed E-state index contributed by atoms with van der Waals surface area (Å²) in [5.74, 6) is 0.442. The molecule has 2 aromatic heterocycles. The van der Waals surface area contributed by atoms with E-state index in [2.05, 4.69) is 4.98 Å². The highest BCUT2D eigenvalue weighted by Crippen LogP contribution is 2.35. The summed E-state index contributed by atoms with van der Waals surface area (Å²) in [6.45, 7) is 6.33. The number of aryl methyl sites for hydroxylation is 2. The molecule has 0 saturated heterocycles. The van der Waals surface area contributed by atoms with Gasteiger partial charge < -0.3 is 0 Å². The number of thiophene rings is 1. The van der Waals surface area contributed by atoms with E-state index < -0.39 is 0 Å². The van der Waals surface area contributed by atoms with E-state index in [1.807, 2.05) is 20.8 Å². The first kappa shape index (κ1) is 13.9. The number of halogens is 1. The molecule has 21 heavy (non-hydrogen) atoms. The van der Waals surface area contributed by atoms with Gasteiger partial charge in [0.2, 0.25) is 0 Å². The van der Waals surface area contributed by atoms with Gasteiger partial charge in [0, 0.05) is 17.0 Å². The SMILES string of the molecule is CCn1c(C)nc2sc(C)c(-c3ccc(F)cc3)c2c1=O. The molecule has 0 amide bonds. The van der Waals surface area contributed by atoms with E-state index in [1.54, 1.807) is 16.7 Å². The maximum atomic E-state index is 13.1. The second-order valence-corrected chi connectivity index (χ2v) is 6.13. The standard InChI is InChI=1S/C16H15FN2OS/c1-4-19-10(3)18-15-14(16(19)20)13(9(2)21-15)11-5-7-12(17)8-6-11/h5-8H,4H2,1-3H3. The Labute approximate surface area is 125 Å². The number of benzene rings is 1. The fourth-order valence-corrected chi connectivity index (χ4v) is 3.71. The third-order valence-corrected chi connectivity index (χ3v) is 4.63. The zero-order chi connectivity index (χ0) is 15.1. The van der Waals surface area contributed by atoms with E-state index in [-0.39, 0.29) is 11.4 Å². The van der Waals surface area contributed by atoms with Crippen LogP contribution in [-0.2, 0) is 6.54 Å². The van der Waals surface area contributed by atoms with Gasteiger partial charge in [0.25, 0.3) is 5.56 Å². The molecule has 0 spiro atoms. The van der Waals surface area contributed by atoms with E-state index in [0.717, 1.165) is 26.7 Å². The molecule has 3 rings (SSSR count). The van der Waals surface area contributed by atoms with Crippen molar-refractivity contribution in [3.05, 3.63) is 51.1 Å². The van der Waals surface area contributed by atoms with Crippen LogP contribution >= 0.6 is 11.3 Å². The van der Waals surface area contributed by atoms with E-state index in [4.69, 9.17) is 0 Å². The fourth-order valence-electron chi connectivity index (χ4n) is 2.63. The molecule has 0 aliphatic rings. The van der Waals surface area contributed by atoms with Crippen molar-refractivity contribution in [2.75, 3.05) is 0 Å². The minimum atomic E-state index is -0.282. The normalized spacial score (nSPS) is 11.2. The lowest BCUT2D eigenvalue weighted by molar-refractivity contribution is 0.628. The van der Waals surface area contributed by atoms with Crippen LogP contribution in [0.3, 0.4) is 0 Å². The third-order valence-electron chi connectivity index (χ3n) is 3.63. The minimum absolute atomic E-state index is 0.0244. The summed E-state index contributed by atoms with van der Waals surface area (Å²) in [5, 5.41) is 0.636. The largest absolute Gasteiger partial charge is 0.297 e. The predicted octanol–water partition coefficient (Wildman–Crippen LogP) is 3.90. The second kappa shape index (κ2) is 5.07. The molecule has 0 fully saturated rings. The van der Waals surface area contributed by atoms with Gasteiger partial charge >= 0.3 is 0 Å². The first-order valence-electron chi connectivity index (χ1n) is 6.79. The zero-order valence-corrected chi connectivity index (χ0v) is 12.9. The molecule has 0 radical (unpaired) electrons. The van der Waals surface area contributed by atoms with E-state index in [1.165, 1.54) is 23.5 Å². The van der Waals surface area contributed by atoms with Crippen LogP contribution in [0.1, 0.15) is 17.6 Å². The van der Waals surface area contributed by atoms with Crippen molar-refractivity contribution >= 4 is 21.6 Å². The molecule has 0 saturated carbocycles. The maximum Gasteiger partial charge on any atom is 0.262 e. The van der Waals surface area contributed by atoms with Crippen molar-refractivity contribution in [2.24, 2.45) is 0 Å². The number of rotatable bonds is 2. The van der Waals surface area contributed by atoms with Gasteiger partial charge in [0.05, 0.1) is 5.39 Å². The Hall–Kier alpha value is -2.01. The quantitative estimate of drug-likeness (QED) is 0.719. The summed E-state index contributed by atoms with van der Waals surface area (Å²) in [4.78, 5) is 19.0. The molecule has 0 atom stereocenters. The van der Waals surface area contributed by atoms with Gasteiger partial charge in [-0.05, 0) is 38.5 Å². The molecule has 0 N–H and O–H groups in total. The predicted molar refractivity (Wildman–Crippen MR) is 84.4 cm³/mol. The Bertz CT molecular complexity index is 878. The molecule has 3 nitrogen and oxygen atoms in total. The van der Waals surface area contributed by atoms with Gasteiger partial charge in [0.1, 0.15) is 16.5 Å². The van der Waals surface area contributed by atoms with Crippen LogP contribution in [0.2, 0.25) is 0 Å². The van der Waals surface area contributed by atoms with Crippen molar-refractivity contribution in [1.82, 2.24) is 9.55 Å². The number of aromatic nitrogens is 2. The minimum Gasteiger partial charge on any atom is -0.297 e. The summed E-state index contributed by atoms with van der Waals surface area (Å²) in [7, 11) is 0. The van der Waals surface area contributed by atoms with Gasteiger partial charge in [-0.25, -0.2) is 9.37 Å². The molecule has 5 heteroatoms. The smallest absolute Gasteiger partial charge is 0.262 e. The highest BCUT2D eigenvalue weighted by atomic mass is 32.1. The number of hydrogen-bond donors (Lipinski definition) is 0. The number of fused-ring (bicyclic) bond motifs is 1. The first-order valence-corrected chi connectivity index (χ1v) is 7.61. The first-order chi connectivity index (χ1) is 10.0. The molecule has 0 aliphatic carbocycles. The lowest BCUT2D eigenvalue weighted by atomic mass is 10.0. The van der Waals surface area contributed by atoms with Crippen LogP contribution in [-0.4, -0.2) is 9.55 Å². The molecule has 0 aliphatic heterocycles. The molecule has 108 valence electrons. The van der Waals surface area contributed by atoms with E-state index in [0.29, 0.717) is 11.9 Å². The second-order valence-electron chi connectivity index (χ2n) is 4.93. The van der Waals surface area contributed by atoms with Crippen molar-refractivity contribution < 1.29 is 4.39 Å². The van der Waals surface area contributed by atoms with Crippen LogP contribution in [0.5, 0.6) is 0 Å². The summed E-state index contributed by atoms with van der Waals surface area (Å²) in [6, 6.07) is 6.25. The summed E-state index contributed by atoms with van der Waals surface area (Å²) >= 11 is 1.51. The van der Waals surface area contributed by atoms with Crippen LogP contribution < -0.4 is 5.56 Å². The van der Waals surface area contributed by atoms with Crippen LogP contribution in [0, 0.1) is 19.7 Å². The maximum absolute atomic E-state index is 13.1. The molecule has 0 bridgehead atoms. The van der Waals surface area contributed by atoms with Gasteiger partial charge in [-0.3, -0.25) is 9.36 Å². The van der Waals surface area contributed by atoms with Crippen molar-refractivity contribution in [3.8, 4) is 11.1 Å². The molecular weight excluding hydrogens is 287 g/mol. The Morgan fingerprint density at radius 1 is 1.24 bits per heavy atom. The summed E-state index contributed by atoms with van der Waals surface area (Å²) in [5.41, 5.74) is 1.70. The lowest BCUT2D eigenvalue weighted by Gasteiger charge is -2.07. The summed E-state index contributed by atoms with van der Waals surface area (Å²) < 4.78 is 14.8. The van der Waals surface area contributed by atoms with Crippen LogP contribution in [0.25, 0.3) is 21.3 Å². The highest BCUT2D eigenvalue weighted by molar-refractivity contribution is 7.19. The van der Waals surface area contributed by atoms with E-state index >= 15 is 0 Å². The summed E-state index contributed by atoms with van der Waals surface area (Å²) in [6.07, 6.45) is 0. The average Bonchev–Trinajstić information content (AvgIpc) is 2.76. The van der Waals surface area contributed by atoms with Crippen molar-refractivity contribution in [1.29, 1.82) is 0 Å². The Morgan fingerprint density at radius 2 is 1.90 bits per heavy atom. The van der Waals surface area contributed by atoms with Crippen LogP contribution in [0.15, 0.2) is 29.1 Å². The van der Waals surface area contributed by atoms with Crippen molar-refractivity contribution in [2.45, 2.75) is 27.3 Å². The van der Waals surface area contributed by atoms with Gasteiger partial charge in [-0.2, -0.15) is 0 Å². The number of nitrogens with zero attached hydrogens (tertiary/aromatic N) is 2. The highest BCUT2D eigenvalue weighted by Gasteiger charge is 2.17. The molecule has 0 unspecified atom stereocenters. The Balaban J connectivity index is 2.40. The van der Waals surface area contributed by atoms with Crippen LogP contribution in [0.4, 0.5) is 4.39 Å². The third kappa shape index (κ3) is 2.17. The average molecular weight is 302 g/mol. The monoisotopic (exact) mass is 302 g/mol. The lowest BCUT2D eigenvalue weighted by Crippen LogP contribution is -2.22. The van der Waals surface area contributed by atoms with E-state index in [9.17, 15) is 9.18 Å². The molecule has 1 aromatic carbocycles. The van der Waals surface area contributed by atoms with Gasteiger partial charge in [-0.1, -0.05) is 12.1 Å². The Morgan fingerprint density at radius 3 is 2.52 bits per heavy atom. The molecule has 3 aromatic rings. The van der Waals surface area contributed by atoms with Gasteiger partial charge in [-0.15, -0.1) is 11.3 Å². The fraction of sp³-hybridized carbons (Fsp3) is 0.250. The molecular formula is C16H15FN2OS. The number of hydrogen-bond acceptors (Lipinski definition) is 3. The Kier molecular flexibility index (Phi) is 3.37. The zero-order valence-electron chi connectivity index (χ0n) is 12.1. The van der Waals surface area contributed by atoms with Gasteiger partial charge in [0.15, 0.2) is 0 Å². The topological polar surface area (TPSA) is 34.9 Å². The molecule has 2 heterocycles. The van der Waals surface area contributed by atoms with Crippen molar-refractivity contribution in [3.63, 3.8) is 0 Å².